The molecule has 2 heteroatoms. The fourth-order valence-electron chi connectivity index (χ4n) is 1.21. The van der Waals surface area contributed by atoms with Gasteiger partial charge in [0.1, 0.15) is 0 Å². The van der Waals surface area contributed by atoms with E-state index in [1.54, 1.807) is 6.92 Å². The second-order valence-corrected chi connectivity index (χ2v) is 3.51. The quantitative estimate of drug-likeness (QED) is 0.419. The molecule has 1 aromatic carbocycles. The summed E-state index contributed by atoms with van der Waals surface area (Å²) in [7, 11) is 0. The topological polar surface area (TPSA) is 26.3 Å². The Hall–Kier alpha value is -1.57. The molecular formula is C13H16O2. The van der Waals surface area contributed by atoms with Crippen molar-refractivity contribution in [2.45, 2.75) is 19.8 Å². The Balaban J connectivity index is 2.18. The van der Waals surface area contributed by atoms with Crippen LogP contribution in [0.5, 0.6) is 0 Å². The molecule has 0 atom stereocenters. The van der Waals surface area contributed by atoms with E-state index in [2.05, 4.69) is 18.7 Å². The number of ether oxygens (including phenoxy) is 1. The second kappa shape index (κ2) is 6.02. The normalized spacial score (nSPS) is 9.67. The molecule has 0 aliphatic heterocycles. The van der Waals surface area contributed by atoms with E-state index < -0.39 is 0 Å². The minimum Gasteiger partial charge on any atom is -0.462 e. The van der Waals surface area contributed by atoms with E-state index in [0.717, 1.165) is 12.8 Å². The summed E-state index contributed by atoms with van der Waals surface area (Å²) in [6, 6.07) is 10.1. The minimum absolute atomic E-state index is 0.303. The monoisotopic (exact) mass is 204 g/mol. The second-order valence-electron chi connectivity index (χ2n) is 3.51. The number of carbonyl (C=O) groups is 1. The molecule has 15 heavy (non-hydrogen) atoms. The van der Waals surface area contributed by atoms with Crippen LogP contribution in [-0.2, 0) is 16.0 Å². The molecule has 0 saturated carbocycles. The van der Waals surface area contributed by atoms with Gasteiger partial charge < -0.3 is 4.74 Å². The van der Waals surface area contributed by atoms with Gasteiger partial charge in [0, 0.05) is 5.57 Å². The average Bonchev–Trinajstić information content (AvgIpc) is 2.25. The largest absolute Gasteiger partial charge is 0.462 e. The van der Waals surface area contributed by atoms with Gasteiger partial charge in [-0.2, -0.15) is 0 Å². The summed E-state index contributed by atoms with van der Waals surface area (Å²) in [5, 5.41) is 0. The Bertz CT molecular complexity index is 328. The molecule has 0 bridgehead atoms. The number of esters is 1. The molecular weight excluding hydrogens is 188 g/mol. The highest BCUT2D eigenvalue weighted by atomic mass is 16.5. The van der Waals surface area contributed by atoms with Crippen LogP contribution in [0.2, 0.25) is 0 Å². The summed E-state index contributed by atoms with van der Waals surface area (Å²) >= 11 is 0. The molecule has 1 rings (SSSR count). The van der Waals surface area contributed by atoms with Gasteiger partial charge in [-0.15, -0.1) is 0 Å². The summed E-state index contributed by atoms with van der Waals surface area (Å²) in [5.74, 6) is -0.303. The Morgan fingerprint density at radius 3 is 2.60 bits per heavy atom. The lowest BCUT2D eigenvalue weighted by atomic mass is 10.1. The molecule has 2 nitrogen and oxygen atoms in total. The van der Waals surface area contributed by atoms with Gasteiger partial charge in [0.05, 0.1) is 6.61 Å². The van der Waals surface area contributed by atoms with Crippen LogP contribution in [0.4, 0.5) is 0 Å². The first-order valence-corrected chi connectivity index (χ1v) is 5.06. The molecule has 0 saturated heterocycles. The maximum Gasteiger partial charge on any atom is 0.333 e. The fourth-order valence-corrected chi connectivity index (χ4v) is 1.21. The molecule has 0 aliphatic carbocycles. The Morgan fingerprint density at radius 2 is 2.00 bits per heavy atom. The van der Waals surface area contributed by atoms with Crippen LogP contribution >= 0.6 is 0 Å². The van der Waals surface area contributed by atoms with Crippen LogP contribution in [0.1, 0.15) is 18.9 Å². The van der Waals surface area contributed by atoms with E-state index in [-0.39, 0.29) is 5.97 Å². The molecule has 0 unspecified atom stereocenters. The minimum atomic E-state index is -0.303. The highest BCUT2D eigenvalue weighted by Crippen LogP contribution is 2.03. The lowest BCUT2D eigenvalue weighted by Crippen LogP contribution is -2.06. The Morgan fingerprint density at radius 1 is 1.33 bits per heavy atom. The predicted molar refractivity (Wildman–Crippen MR) is 60.5 cm³/mol. The standard InChI is InChI=1S/C13H16O2/c1-11(2)13(14)15-10-6-9-12-7-4-3-5-8-12/h3-5,7-8H,1,6,9-10H2,2H3. The zero-order valence-corrected chi connectivity index (χ0v) is 9.03. The van der Waals surface area contributed by atoms with E-state index >= 15 is 0 Å². The number of aryl methyl sites for hydroxylation is 1. The molecule has 0 heterocycles. The van der Waals surface area contributed by atoms with Crippen LogP contribution in [0.25, 0.3) is 0 Å². The van der Waals surface area contributed by atoms with Crippen LogP contribution in [0.3, 0.4) is 0 Å². The van der Waals surface area contributed by atoms with Crippen LogP contribution in [0.15, 0.2) is 42.5 Å². The molecule has 0 radical (unpaired) electrons. The summed E-state index contributed by atoms with van der Waals surface area (Å²) in [6.45, 7) is 5.63. The van der Waals surface area contributed by atoms with Gasteiger partial charge in [-0.1, -0.05) is 36.9 Å². The fraction of sp³-hybridized carbons (Fsp3) is 0.308. The first-order chi connectivity index (χ1) is 7.20. The molecule has 0 fully saturated rings. The van der Waals surface area contributed by atoms with E-state index in [1.165, 1.54) is 5.56 Å². The van der Waals surface area contributed by atoms with Crippen LogP contribution < -0.4 is 0 Å². The third-order valence-electron chi connectivity index (χ3n) is 2.03. The van der Waals surface area contributed by atoms with Crippen molar-refractivity contribution in [2.75, 3.05) is 6.61 Å². The SMILES string of the molecule is C=C(C)C(=O)OCCCc1ccccc1. The average molecular weight is 204 g/mol. The van der Waals surface area contributed by atoms with Crippen molar-refractivity contribution in [2.24, 2.45) is 0 Å². The van der Waals surface area contributed by atoms with E-state index in [9.17, 15) is 4.79 Å². The van der Waals surface area contributed by atoms with Gasteiger partial charge >= 0.3 is 5.97 Å². The number of hydrogen-bond donors (Lipinski definition) is 0. The first-order valence-electron chi connectivity index (χ1n) is 5.06. The van der Waals surface area contributed by atoms with Crippen molar-refractivity contribution in [3.63, 3.8) is 0 Å². The first kappa shape index (κ1) is 11.5. The van der Waals surface area contributed by atoms with Crippen LogP contribution in [-0.4, -0.2) is 12.6 Å². The van der Waals surface area contributed by atoms with Gasteiger partial charge in [-0.05, 0) is 25.3 Å². The molecule has 0 aliphatic rings. The lowest BCUT2D eigenvalue weighted by Gasteiger charge is -2.04. The number of rotatable bonds is 5. The van der Waals surface area contributed by atoms with Gasteiger partial charge in [0.2, 0.25) is 0 Å². The zero-order valence-electron chi connectivity index (χ0n) is 9.03. The van der Waals surface area contributed by atoms with Crippen molar-refractivity contribution in [1.82, 2.24) is 0 Å². The highest BCUT2D eigenvalue weighted by Gasteiger charge is 2.01. The predicted octanol–water partition coefficient (Wildman–Crippen LogP) is 2.74. The molecule has 80 valence electrons. The highest BCUT2D eigenvalue weighted by molar-refractivity contribution is 5.86. The third-order valence-corrected chi connectivity index (χ3v) is 2.03. The van der Waals surface area contributed by atoms with E-state index in [4.69, 9.17) is 4.74 Å². The van der Waals surface area contributed by atoms with E-state index in [0.29, 0.717) is 12.2 Å². The maximum absolute atomic E-state index is 11.0. The summed E-state index contributed by atoms with van der Waals surface area (Å²) < 4.78 is 4.99. The summed E-state index contributed by atoms with van der Waals surface area (Å²) in [4.78, 5) is 11.0. The molecule has 0 aromatic heterocycles. The number of benzene rings is 1. The Kier molecular flexibility index (Phi) is 4.61. The van der Waals surface area contributed by atoms with Gasteiger partial charge in [0.25, 0.3) is 0 Å². The van der Waals surface area contributed by atoms with Crippen molar-refractivity contribution >= 4 is 5.97 Å². The Labute approximate surface area is 90.6 Å². The van der Waals surface area contributed by atoms with Gasteiger partial charge in [0.15, 0.2) is 0 Å². The lowest BCUT2D eigenvalue weighted by molar-refractivity contribution is -0.139. The van der Waals surface area contributed by atoms with Crippen molar-refractivity contribution in [3.8, 4) is 0 Å². The molecule has 0 amide bonds. The summed E-state index contributed by atoms with van der Waals surface area (Å²) in [6.07, 6.45) is 1.79. The van der Waals surface area contributed by atoms with Crippen LogP contribution in [0, 0.1) is 0 Å². The zero-order chi connectivity index (χ0) is 11.1. The number of carbonyl (C=O) groups excluding carboxylic acids is 1. The third kappa shape index (κ3) is 4.45. The summed E-state index contributed by atoms with van der Waals surface area (Å²) in [5.41, 5.74) is 1.72. The van der Waals surface area contributed by atoms with Gasteiger partial charge in [-0.25, -0.2) is 4.79 Å². The maximum atomic E-state index is 11.0. The van der Waals surface area contributed by atoms with Crippen molar-refractivity contribution in [3.05, 3.63) is 48.0 Å². The molecule has 0 spiro atoms. The van der Waals surface area contributed by atoms with Gasteiger partial charge in [-0.3, -0.25) is 0 Å². The van der Waals surface area contributed by atoms with Crippen molar-refractivity contribution in [1.29, 1.82) is 0 Å². The molecule has 0 N–H and O–H groups in total. The van der Waals surface area contributed by atoms with E-state index in [1.807, 2.05) is 18.2 Å². The smallest absolute Gasteiger partial charge is 0.333 e. The van der Waals surface area contributed by atoms with Crippen molar-refractivity contribution < 1.29 is 9.53 Å². The number of hydrogen-bond acceptors (Lipinski definition) is 2. The molecule has 1 aromatic rings.